The van der Waals surface area contributed by atoms with Crippen molar-refractivity contribution in [3.63, 3.8) is 0 Å². The summed E-state index contributed by atoms with van der Waals surface area (Å²) in [5.74, 6) is 1.94. The van der Waals surface area contributed by atoms with Crippen LogP contribution in [0.1, 0.15) is 34.7 Å². The van der Waals surface area contributed by atoms with Crippen molar-refractivity contribution in [2.24, 2.45) is 0 Å². The summed E-state index contributed by atoms with van der Waals surface area (Å²) in [6, 6.07) is 28.1. The number of nitrogens with zero attached hydrogens (tertiary/aromatic N) is 2. The number of rotatable bonds is 12. The first-order chi connectivity index (χ1) is 20.1. The van der Waals surface area contributed by atoms with Crippen molar-refractivity contribution in [1.82, 2.24) is 14.9 Å². The normalized spacial score (nSPS) is 11.7. The number of ether oxygens (including phenoxy) is 3. The Hall–Kier alpha value is -4.78. The Morgan fingerprint density at radius 2 is 1.56 bits per heavy atom. The molecule has 0 aliphatic carbocycles. The summed E-state index contributed by atoms with van der Waals surface area (Å²) >= 11 is 0. The van der Waals surface area contributed by atoms with Crippen molar-refractivity contribution in [3.8, 4) is 17.2 Å². The molecule has 1 unspecified atom stereocenters. The molecule has 2 heterocycles. The maximum Gasteiger partial charge on any atom is 0.220 e. The van der Waals surface area contributed by atoms with Gasteiger partial charge in [0.1, 0.15) is 17.2 Å². The van der Waals surface area contributed by atoms with Gasteiger partial charge in [-0.05, 0) is 59.2 Å². The van der Waals surface area contributed by atoms with Gasteiger partial charge in [0.15, 0.2) is 0 Å². The molecule has 7 nitrogen and oxygen atoms in total. The van der Waals surface area contributed by atoms with Crippen molar-refractivity contribution in [2.45, 2.75) is 25.3 Å². The van der Waals surface area contributed by atoms with Gasteiger partial charge in [0.25, 0.3) is 0 Å². The van der Waals surface area contributed by atoms with Crippen molar-refractivity contribution >= 4 is 16.8 Å². The molecular weight excluding hydrogens is 514 g/mol. The minimum atomic E-state index is -0.226. The van der Waals surface area contributed by atoms with Crippen LogP contribution < -0.4 is 19.5 Å². The highest BCUT2D eigenvalue weighted by Crippen LogP contribution is 2.38. The van der Waals surface area contributed by atoms with Crippen LogP contribution in [0.5, 0.6) is 17.2 Å². The third-order valence-electron chi connectivity index (χ3n) is 7.30. The molecule has 0 aliphatic rings. The number of hydrogen-bond acceptors (Lipinski definition) is 5. The topological polar surface area (TPSA) is 74.6 Å². The Morgan fingerprint density at radius 3 is 2.24 bits per heavy atom. The molecule has 210 valence electrons. The average Bonchev–Trinajstić information content (AvgIpc) is 3.38. The van der Waals surface area contributed by atoms with E-state index in [2.05, 4.69) is 45.3 Å². The van der Waals surface area contributed by atoms with E-state index in [9.17, 15) is 4.79 Å². The van der Waals surface area contributed by atoms with Gasteiger partial charge in [0.2, 0.25) is 5.91 Å². The van der Waals surface area contributed by atoms with Gasteiger partial charge < -0.3 is 24.1 Å². The van der Waals surface area contributed by atoms with E-state index in [0.717, 1.165) is 39.0 Å². The molecule has 3 aromatic carbocycles. The molecule has 1 atom stereocenters. The molecule has 0 bridgehead atoms. The van der Waals surface area contributed by atoms with Gasteiger partial charge in [-0.15, -0.1) is 0 Å². The Balaban J connectivity index is 1.49. The number of pyridine rings is 1. The highest BCUT2D eigenvalue weighted by Gasteiger charge is 2.24. The van der Waals surface area contributed by atoms with Crippen molar-refractivity contribution < 1.29 is 19.0 Å². The van der Waals surface area contributed by atoms with E-state index in [0.29, 0.717) is 31.0 Å². The fourth-order valence-electron chi connectivity index (χ4n) is 5.18. The largest absolute Gasteiger partial charge is 0.497 e. The molecule has 0 fully saturated rings. The monoisotopic (exact) mass is 549 g/mol. The number of methoxy groups -OCH3 is 3. The molecule has 0 spiro atoms. The number of nitrogens with one attached hydrogen (secondary N) is 1. The first-order valence-corrected chi connectivity index (χ1v) is 13.7. The minimum Gasteiger partial charge on any atom is -0.497 e. The Labute approximate surface area is 240 Å². The lowest BCUT2D eigenvalue weighted by atomic mass is 9.87. The SMILES string of the molecule is COc1ccc(Cn2cc(C(CC(=O)NCCc3ccccn3)c3cc(OC)cc(OC)c3)c3ccccc32)cc1. The lowest BCUT2D eigenvalue weighted by Gasteiger charge is -2.19. The zero-order chi connectivity index (χ0) is 28.6. The lowest BCUT2D eigenvalue weighted by molar-refractivity contribution is -0.121. The summed E-state index contributed by atoms with van der Waals surface area (Å²) in [5.41, 5.74) is 5.24. The van der Waals surface area contributed by atoms with E-state index in [1.165, 1.54) is 0 Å². The fourth-order valence-corrected chi connectivity index (χ4v) is 5.18. The number of amides is 1. The molecule has 0 saturated heterocycles. The molecule has 2 aromatic heterocycles. The first-order valence-electron chi connectivity index (χ1n) is 13.7. The average molecular weight is 550 g/mol. The van der Waals surface area contributed by atoms with Crippen molar-refractivity contribution in [2.75, 3.05) is 27.9 Å². The van der Waals surface area contributed by atoms with Crippen LogP contribution in [0.2, 0.25) is 0 Å². The number of aromatic nitrogens is 2. The quantitative estimate of drug-likeness (QED) is 0.207. The van der Waals surface area contributed by atoms with Crippen LogP contribution in [0.4, 0.5) is 0 Å². The second-order valence-corrected chi connectivity index (χ2v) is 9.90. The first kappa shape index (κ1) is 27.8. The number of benzene rings is 3. The van der Waals surface area contributed by atoms with Gasteiger partial charge >= 0.3 is 0 Å². The summed E-state index contributed by atoms with van der Waals surface area (Å²) in [5, 5.41) is 4.21. The van der Waals surface area contributed by atoms with Crippen LogP contribution in [-0.2, 0) is 17.8 Å². The highest BCUT2D eigenvalue weighted by molar-refractivity contribution is 5.87. The van der Waals surface area contributed by atoms with Crippen LogP contribution in [0.3, 0.4) is 0 Å². The van der Waals surface area contributed by atoms with Gasteiger partial charge in [0.05, 0.1) is 21.3 Å². The van der Waals surface area contributed by atoms with E-state index in [4.69, 9.17) is 14.2 Å². The number of fused-ring (bicyclic) bond motifs is 1. The van der Waals surface area contributed by atoms with Gasteiger partial charge in [-0.2, -0.15) is 0 Å². The number of carbonyl (C=O) groups is 1. The molecule has 41 heavy (non-hydrogen) atoms. The Bertz CT molecular complexity index is 1570. The molecule has 5 aromatic rings. The smallest absolute Gasteiger partial charge is 0.220 e. The van der Waals surface area contributed by atoms with Crippen molar-refractivity contribution in [3.05, 3.63) is 120 Å². The Morgan fingerprint density at radius 1 is 0.854 bits per heavy atom. The third-order valence-corrected chi connectivity index (χ3v) is 7.30. The highest BCUT2D eigenvalue weighted by atomic mass is 16.5. The van der Waals surface area contributed by atoms with Crippen LogP contribution in [0.25, 0.3) is 10.9 Å². The zero-order valence-corrected chi connectivity index (χ0v) is 23.7. The van der Waals surface area contributed by atoms with E-state index in [1.807, 2.05) is 60.7 Å². The molecule has 7 heteroatoms. The van der Waals surface area contributed by atoms with Crippen LogP contribution in [-0.4, -0.2) is 43.3 Å². The van der Waals surface area contributed by atoms with Crippen LogP contribution in [0.15, 0.2) is 97.3 Å². The summed E-state index contributed by atoms with van der Waals surface area (Å²) in [6.07, 6.45) is 4.89. The predicted molar refractivity (Wildman–Crippen MR) is 161 cm³/mol. The van der Waals surface area contributed by atoms with Crippen LogP contribution in [0, 0.1) is 0 Å². The van der Waals surface area contributed by atoms with E-state index in [-0.39, 0.29) is 18.2 Å². The van der Waals surface area contributed by atoms with E-state index < -0.39 is 0 Å². The summed E-state index contributed by atoms with van der Waals surface area (Å²) in [7, 11) is 4.94. The van der Waals surface area contributed by atoms with Gasteiger partial charge in [-0.25, -0.2) is 0 Å². The molecule has 0 aliphatic heterocycles. The maximum absolute atomic E-state index is 13.4. The molecular formula is C34H35N3O4. The molecule has 0 radical (unpaired) electrons. The lowest BCUT2D eigenvalue weighted by Crippen LogP contribution is -2.27. The third kappa shape index (κ3) is 6.69. The molecule has 1 amide bonds. The van der Waals surface area contributed by atoms with Crippen LogP contribution >= 0.6 is 0 Å². The molecule has 1 N–H and O–H groups in total. The van der Waals surface area contributed by atoms with Gasteiger partial charge in [-0.1, -0.05) is 36.4 Å². The summed E-state index contributed by atoms with van der Waals surface area (Å²) in [4.78, 5) is 17.7. The van der Waals surface area contributed by atoms with E-state index >= 15 is 0 Å². The zero-order valence-electron chi connectivity index (χ0n) is 23.7. The maximum atomic E-state index is 13.4. The molecule has 0 saturated carbocycles. The van der Waals surface area contributed by atoms with Gasteiger partial charge in [0, 0.05) is 66.9 Å². The van der Waals surface area contributed by atoms with Gasteiger partial charge in [-0.3, -0.25) is 9.78 Å². The second-order valence-electron chi connectivity index (χ2n) is 9.90. The second kappa shape index (κ2) is 13.0. The number of carbonyl (C=O) groups excluding carboxylic acids is 1. The van der Waals surface area contributed by atoms with Crippen molar-refractivity contribution in [1.29, 1.82) is 0 Å². The minimum absolute atomic E-state index is 0.0281. The predicted octanol–water partition coefficient (Wildman–Crippen LogP) is 5.99. The summed E-state index contributed by atoms with van der Waals surface area (Å²) in [6.45, 7) is 1.21. The fraction of sp³-hybridized carbons (Fsp3) is 0.235. The standard InChI is InChI=1S/C34H35N3O4/c1-39-27-13-11-24(12-14-27)22-37-23-32(30-9-4-5-10-33(30)37)31(25-18-28(40-2)20-29(19-25)41-3)21-34(38)36-17-15-26-8-6-7-16-35-26/h4-14,16,18-20,23,31H,15,17,21-22H2,1-3H3,(H,36,38). The summed E-state index contributed by atoms with van der Waals surface area (Å²) < 4.78 is 18.8. The van der Waals surface area contributed by atoms with E-state index in [1.54, 1.807) is 27.5 Å². The Kier molecular flexibility index (Phi) is 8.84. The number of para-hydroxylation sites is 1. The molecule has 5 rings (SSSR count). The number of hydrogen-bond donors (Lipinski definition) is 1.